The molecule has 0 aromatic heterocycles. The summed E-state index contributed by atoms with van der Waals surface area (Å²) in [4.78, 5) is 0. The van der Waals surface area contributed by atoms with Crippen LogP contribution in [0.2, 0.25) is 0 Å². The SMILES string of the molecule is COCCNCc1cccc(F)c1OC(C)C(C)O. The predicted molar refractivity (Wildman–Crippen MR) is 71.8 cm³/mol. The van der Waals surface area contributed by atoms with Crippen molar-refractivity contribution in [3.05, 3.63) is 29.6 Å². The van der Waals surface area contributed by atoms with E-state index >= 15 is 0 Å². The number of halogens is 1. The van der Waals surface area contributed by atoms with Gasteiger partial charge in [0.05, 0.1) is 12.7 Å². The van der Waals surface area contributed by atoms with E-state index in [4.69, 9.17) is 9.47 Å². The standard InChI is InChI=1S/C14H22FNO3/c1-10(17)11(2)19-14-12(5-4-6-13(14)15)9-16-7-8-18-3/h4-6,10-11,16-17H,7-9H2,1-3H3. The zero-order valence-electron chi connectivity index (χ0n) is 11.6. The Kier molecular flexibility index (Phi) is 6.77. The van der Waals surface area contributed by atoms with Gasteiger partial charge in [-0.15, -0.1) is 0 Å². The smallest absolute Gasteiger partial charge is 0.165 e. The molecule has 0 fully saturated rings. The van der Waals surface area contributed by atoms with E-state index in [1.54, 1.807) is 33.1 Å². The largest absolute Gasteiger partial charge is 0.485 e. The predicted octanol–water partition coefficient (Wildman–Crippen LogP) is 1.71. The monoisotopic (exact) mass is 271 g/mol. The molecule has 2 N–H and O–H groups in total. The Bertz CT molecular complexity index is 385. The summed E-state index contributed by atoms with van der Waals surface area (Å²) in [7, 11) is 1.63. The molecule has 0 bridgehead atoms. The Labute approximate surface area is 113 Å². The molecule has 0 heterocycles. The van der Waals surface area contributed by atoms with Gasteiger partial charge in [-0.25, -0.2) is 4.39 Å². The lowest BCUT2D eigenvalue weighted by molar-refractivity contribution is 0.0571. The molecule has 0 saturated heterocycles. The Balaban J connectivity index is 2.71. The summed E-state index contributed by atoms with van der Waals surface area (Å²) in [6, 6.07) is 4.79. The molecule has 1 rings (SSSR count). The Morgan fingerprint density at radius 2 is 2.11 bits per heavy atom. The van der Waals surface area contributed by atoms with Crippen molar-refractivity contribution in [2.24, 2.45) is 0 Å². The van der Waals surface area contributed by atoms with Gasteiger partial charge in [0, 0.05) is 25.8 Å². The van der Waals surface area contributed by atoms with E-state index in [1.165, 1.54) is 6.07 Å². The van der Waals surface area contributed by atoms with E-state index in [9.17, 15) is 9.50 Å². The molecule has 0 radical (unpaired) electrons. The van der Waals surface area contributed by atoms with Crippen LogP contribution in [-0.4, -0.2) is 37.6 Å². The number of ether oxygens (including phenoxy) is 2. The zero-order chi connectivity index (χ0) is 14.3. The second-order valence-electron chi connectivity index (χ2n) is 4.46. The van der Waals surface area contributed by atoms with Crippen molar-refractivity contribution >= 4 is 0 Å². The lowest BCUT2D eigenvalue weighted by atomic mass is 10.1. The first kappa shape index (κ1) is 15.9. The molecule has 1 aromatic carbocycles. The summed E-state index contributed by atoms with van der Waals surface area (Å²) in [5.41, 5.74) is 0.726. The van der Waals surface area contributed by atoms with E-state index in [-0.39, 0.29) is 5.75 Å². The van der Waals surface area contributed by atoms with Gasteiger partial charge in [0.1, 0.15) is 6.10 Å². The second kappa shape index (κ2) is 8.09. The molecule has 19 heavy (non-hydrogen) atoms. The van der Waals surface area contributed by atoms with Gasteiger partial charge < -0.3 is 19.9 Å². The first-order chi connectivity index (χ1) is 9.06. The average Bonchev–Trinajstić information content (AvgIpc) is 2.38. The van der Waals surface area contributed by atoms with E-state index in [0.29, 0.717) is 19.7 Å². The highest BCUT2D eigenvalue weighted by molar-refractivity contribution is 5.35. The third kappa shape index (κ3) is 5.14. The maximum Gasteiger partial charge on any atom is 0.165 e. The summed E-state index contributed by atoms with van der Waals surface area (Å²) < 4.78 is 24.2. The number of aliphatic hydroxyl groups excluding tert-OH is 1. The Hall–Kier alpha value is -1.17. The van der Waals surface area contributed by atoms with Crippen LogP contribution in [0.4, 0.5) is 4.39 Å². The molecule has 1 aromatic rings. The molecule has 5 heteroatoms. The summed E-state index contributed by atoms with van der Waals surface area (Å²) >= 11 is 0. The zero-order valence-corrected chi connectivity index (χ0v) is 11.6. The van der Waals surface area contributed by atoms with Gasteiger partial charge in [0.2, 0.25) is 0 Å². The summed E-state index contributed by atoms with van der Waals surface area (Å²) in [6.45, 7) is 5.08. The third-order valence-electron chi connectivity index (χ3n) is 2.83. The van der Waals surface area contributed by atoms with Crippen LogP contribution in [0.3, 0.4) is 0 Å². The number of aliphatic hydroxyl groups is 1. The maximum atomic E-state index is 13.8. The number of methoxy groups -OCH3 is 1. The summed E-state index contributed by atoms with van der Waals surface area (Å²) in [5.74, 6) is -0.223. The number of benzene rings is 1. The molecule has 2 atom stereocenters. The highest BCUT2D eigenvalue weighted by atomic mass is 19.1. The van der Waals surface area contributed by atoms with Crippen molar-refractivity contribution in [3.8, 4) is 5.75 Å². The van der Waals surface area contributed by atoms with Crippen LogP contribution in [0.1, 0.15) is 19.4 Å². The fraction of sp³-hybridized carbons (Fsp3) is 0.571. The number of nitrogens with one attached hydrogen (secondary N) is 1. The molecule has 0 saturated carbocycles. The van der Waals surface area contributed by atoms with Crippen LogP contribution >= 0.6 is 0 Å². The van der Waals surface area contributed by atoms with Crippen LogP contribution in [0.15, 0.2) is 18.2 Å². The number of rotatable bonds is 8. The van der Waals surface area contributed by atoms with Gasteiger partial charge in [-0.3, -0.25) is 0 Å². The lowest BCUT2D eigenvalue weighted by Gasteiger charge is -2.20. The first-order valence-corrected chi connectivity index (χ1v) is 6.38. The molecule has 0 amide bonds. The first-order valence-electron chi connectivity index (χ1n) is 6.38. The molecular formula is C14H22FNO3. The van der Waals surface area contributed by atoms with Gasteiger partial charge in [0.15, 0.2) is 11.6 Å². The maximum absolute atomic E-state index is 13.8. The van der Waals surface area contributed by atoms with Crippen LogP contribution in [0.5, 0.6) is 5.75 Å². The van der Waals surface area contributed by atoms with Crippen LogP contribution in [0.25, 0.3) is 0 Å². The van der Waals surface area contributed by atoms with Crippen molar-refractivity contribution in [2.75, 3.05) is 20.3 Å². The number of para-hydroxylation sites is 1. The highest BCUT2D eigenvalue weighted by Gasteiger charge is 2.16. The quantitative estimate of drug-likeness (QED) is 0.707. The van der Waals surface area contributed by atoms with E-state index in [1.807, 2.05) is 0 Å². The minimum atomic E-state index is -0.658. The van der Waals surface area contributed by atoms with Crippen molar-refractivity contribution < 1.29 is 19.0 Å². The summed E-state index contributed by atoms with van der Waals surface area (Å²) in [6.07, 6.45) is -1.12. The fourth-order valence-corrected chi connectivity index (χ4v) is 1.51. The second-order valence-corrected chi connectivity index (χ2v) is 4.46. The molecule has 2 unspecified atom stereocenters. The molecule has 4 nitrogen and oxygen atoms in total. The minimum absolute atomic E-state index is 0.195. The molecule has 0 aliphatic carbocycles. The molecular weight excluding hydrogens is 249 g/mol. The van der Waals surface area contributed by atoms with E-state index < -0.39 is 18.0 Å². The van der Waals surface area contributed by atoms with E-state index in [2.05, 4.69) is 5.32 Å². The van der Waals surface area contributed by atoms with Gasteiger partial charge >= 0.3 is 0 Å². The topological polar surface area (TPSA) is 50.7 Å². The van der Waals surface area contributed by atoms with Gasteiger partial charge in [0.25, 0.3) is 0 Å². The number of hydrogen-bond acceptors (Lipinski definition) is 4. The highest BCUT2D eigenvalue weighted by Crippen LogP contribution is 2.24. The van der Waals surface area contributed by atoms with Crippen molar-refractivity contribution in [1.29, 1.82) is 0 Å². The normalized spacial score (nSPS) is 14.2. The molecule has 0 aliphatic heterocycles. The molecule has 108 valence electrons. The van der Waals surface area contributed by atoms with Crippen molar-refractivity contribution in [3.63, 3.8) is 0 Å². The lowest BCUT2D eigenvalue weighted by Crippen LogP contribution is -2.27. The Morgan fingerprint density at radius 3 is 2.74 bits per heavy atom. The van der Waals surface area contributed by atoms with E-state index in [0.717, 1.165) is 5.56 Å². The summed E-state index contributed by atoms with van der Waals surface area (Å²) in [5, 5.41) is 12.6. The molecule has 0 spiro atoms. The van der Waals surface area contributed by atoms with Crippen molar-refractivity contribution in [1.82, 2.24) is 5.32 Å². The third-order valence-corrected chi connectivity index (χ3v) is 2.83. The Morgan fingerprint density at radius 1 is 1.37 bits per heavy atom. The van der Waals surface area contributed by atoms with Crippen LogP contribution in [0, 0.1) is 5.82 Å². The van der Waals surface area contributed by atoms with Crippen LogP contribution < -0.4 is 10.1 Å². The van der Waals surface area contributed by atoms with Crippen molar-refractivity contribution in [2.45, 2.75) is 32.6 Å². The minimum Gasteiger partial charge on any atom is -0.485 e. The van der Waals surface area contributed by atoms with Gasteiger partial charge in [-0.1, -0.05) is 12.1 Å². The van der Waals surface area contributed by atoms with Gasteiger partial charge in [-0.2, -0.15) is 0 Å². The van der Waals surface area contributed by atoms with Gasteiger partial charge in [-0.05, 0) is 19.9 Å². The van der Waals surface area contributed by atoms with Crippen LogP contribution in [-0.2, 0) is 11.3 Å². The number of hydrogen-bond donors (Lipinski definition) is 2. The average molecular weight is 271 g/mol. The fourth-order valence-electron chi connectivity index (χ4n) is 1.51. The molecule has 0 aliphatic rings.